The number of fused-ring (bicyclic) bond motifs is 1. The molecule has 0 aliphatic carbocycles. The van der Waals surface area contributed by atoms with Gasteiger partial charge in [-0.3, -0.25) is 9.78 Å². The standard InChI is InChI=1S/C17H17N5OS/c1-24-13-5-8-21(11-13)17(23)14-10-20-22-15(4-7-19-16(14)22)12-3-2-6-18-9-12/h2-4,6-7,9-10,13H,5,8,11H2,1H3. The quantitative estimate of drug-likeness (QED) is 0.733. The minimum Gasteiger partial charge on any atom is -0.337 e. The third kappa shape index (κ3) is 2.54. The van der Waals surface area contributed by atoms with Crippen molar-refractivity contribution >= 4 is 23.3 Å². The van der Waals surface area contributed by atoms with Crippen LogP contribution in [-0.4, -0.2) is 55.0 Å². The van der Waals surface area contributed by atoms with Crippen molar-refractivity contribution < 1.29 is 4.79 Å². The van der Waals surface area contributed by atoms with E-state index in [1.807, 2.05) is 34.9 Å². The molecule has 0 saturated carbocycles. The van der Waals surface area contributed by atoms with E-state index >= 15 is 0 Å². The van der Waals surface area contributed by atoms with Crippen LogP contribution in [0, 0.1) is 0 Å². The van der Waals surface area contributed by atoms with E-state index in [4.69, 9.17) is 0 Å². The molecule has 0 radical (unpaired) electrons. The fourth-order valence-corrected chi connectivity index (χ4v) is 3.72. The fourth-order valence-electron chi connectivity index (χ4n) is 3.05. The fraction of sp³-hybridized carbons (Fsp3) is 0.294. The molecule has 122 valence electrons. The monoisotopic (exact) mass is 339 g/mol. The summed E-state index contributed by atoms with van der Waals surface area (Å²) in [6, 6.07) is 5.73. The Bertz CT molecular complexity index is 879. The number of rotatable bonds is 3. The van der Waals surface area contributed by atoms with Gasteiger partial charge in [0.25, 0.3) is 5.91 Å². The molecule has 4 rings (SSSR count). The van der Waals surface area contributed by atoms with Crippen LogP contribution in [0.4, 0.5) is 0 Å². The molecule has 1 amide bonds. The Morgan fingerprint density at radius 1 is 1.29 bits per heavy atom. The molecule has 0 aromatic carbocycles. The second-order valence-electron chi connectivity index (χ2n) is 5.76. The summed E-state index contributed by atoms with van der Waals surface area (Å²) in [7, 11) is 0. The molecule has 3 aromatic heterocycles. The number of amides is 1. The summed E-state index contributed by atoms with van der Waals surface area (Å²) < 4.78 is 1.71. The van der Waals surface area contributed by atoms with Crippen LogP contribution in [0.2, 0.25) is 0 Å². The lowest BCUT2D eigenvalue weighted by atomic mass is 10.2. The van der Waals surface area contributed by atoms with E-state index in [1.165, 1.54) is 0 Å². The van der Waals surface area contributed by atoms with Crippen molar-refractivity contribution in [3.8, 4) is 11.3 Å². The minimum absolute atomic E-state index is 0.0115. The molecule has 4 heterocycles. The molecule has 1 unspecified atom stereocenters. The molecule has 0 bridgehead atoms. The van der Waals surface area contributed by atoms with Crippen LogP contribution in [-0.2, 0) is 0 Å². The average Bonchev–Trinajstić information content (AvgIpc) is 3.28. The van der Waals surface area contributed by atoms with Crippen LogP contribution in [0.25, 0.3) is 16.9 Å². The molecule has 1 fully saturated rings. The van der Waals surface area contributed by atoms with E-state index < -0.39 is 0 Å². The van der Waals surface area contributed by atoms with Gasteiger partial charge in [0.1, 0.15) is 5.56 Å². The van der Waals surface area contributed by atoms with Crippen molar-refractivity contribution in [2.75, 3.05) is 19.3 Å². The molecular formula is C17H17N5OS. The highest BCUT2D eigenvalue weighted by Crippen LogP contribution is 2.24. The predicted octanol–water partition coefficient (Wildman–Crippen LogP) is 2.37. The number of carbonyl (C=O) groups excluding carboxylic acids is 1. The number of nitrogens with zero attached hydrogens (tertiary/aromatic N) is 5. The summed E-state index contributed by atoms with van der Waals surface area (Å²) in [5.74, 6) is 0.0115. The minimum atomic E-state index is 0.0115. The van der Waals surface area contributed by atoms with E-state index in [1.54, 1.807) is 29.3 Å². The first kappa shape index (κ1) is 15.1. The molecule has 1 saturated heterocycles. The number of carbonyl (C=O) groups is 1. The number of hydrogen-bond acceptors (Lipinski definition) is 5. The molecule has 6 nitrogen and oxygen atoms in total. The molecule has 0 spiro atoms. The van der Waals surface area contributed by atoms with Crippen molar-refractivity contribution in [1.82, 2.24) is 24.5 Å². The van der Waals surface area contributed by atoms with E-state index in [0.29, 0.717) is 16.5 Å². The van der Waals surface area contributed by atoms with Gasteiger partial charge in [0.15, 0.2) is 5.65 Å². The largest absolute Gasteiger partial charge is 0.337 e. The zero-order valence-corrected chi connectivity index (χ0v) is 14.1. The Morgan fingerprint density at radius 3 is 2.96 bits per heavy atom. The molecule has 24 heavy (non-hydrogen) atoms. The van der Waals surface area contributed by atoms with Gasteiger partial charge in [-0.1, -0.05) is 0 Å². The van der Waals surface area contributed by atoms with Crippen molar-refractivity contribution in [3.05, 3.63) is 48.5 Å². The van der Waals surface area contributed by atoms with Gasteiger partial charge in [-0.05, 0) is 30.9 Å². The van der Waals surface area contributed by atoms with Crippen LogP contribution in [0.3, 0.4) is 0 Å². The van der Waals surface area contributed by atoms with Crippen LogP contribution in [0.15, 0.2) is 43.0 Å². The smallest absolute Gasteiger partial charge is 0.259 e. The van der Waals surface area contributed by atoms with Gasteiger partial charge in [-0.15, -0.1) is 0 Å². The Morgan fingerprint density at radius 2 is 2.21 bits per heavy atom. The molecular weight excluding hydrogens is 322 g/mol. The Labute approximate surface area is 143 Å². The summed E-state index contributed by atoms with van der Waals surface area (Å²) in [5.41, 5.74) is 2.96. The average molecular weight is 339 g/mol. The summed E-state index contributed by atoms with van der Waals surface area (Å²) >= 11 is 1.82. The molecule has 1 aliphatic rings. The topological polar surface area (TPSA) is 63.4 Å². The van der Waals surface area contributed by atoms with Crippen LogP contribution < -0.4 is 0 Å². The SMILES string of the molecule is CSC1CCN(C(=O)c2cnn3c(-c4cccnc4)ccnc23)C1. The van der Waals surface area contributed by atoms with Gasteiger partial charge in [0, 0.05) is 42.5 Å². The van der Waals surface area contributed by atoms with Crippen LogP contribution in [0.5, 0.6) is 0 Å². The first-order valence-corrected chi connectivity index (χ1v) is 9.12. The van der Waals surface area contributed by atoms with E-state index in [9.17, 15) is 4.79 Å². The van der Waals surface area contributed by atoms with Gasteiger partial charge in [0.2, 0.25) is 0 Å². The Balaban J connectivity index is 1.72. The number of aromatic nitrogens is 4. The van der Waals surface area contributed by atoms with Crippen molar-refractivity contribution in [3.63, 3.8) is 0 Å². The summed E-state index contributed by atoms with van der Waals surface area (Å²) in [6.07, 6.45) is 9.98. The molecule has 1 aliphatic heterocycles. The van der Waals surface area contributed by atoms with E-state index in [2.05, 4.69) is 21.3 Å². The zero-order chi connectivity index (χ0) is 16.5. The van der Waals surface area contributed by atoms with Crippen LogP contribution in [0.1, 0.15) is 16.8 Å². The highest BCUT2D eigenvalue weighted by molar-refractivity contribution is 7.99. The molecule has 3 aromatic rings. The molecule has 0 N–H and O–H groups in total. The molecule has 7 heteroatoms. The van der Waals surface area contributed by atoms with Crippen LogP contribution >= 0.6 is 11.8 Å². The van der Waals surface area contributed by atoms with Crippen molar-refractivity contribution in [1.29, 1.82) is 0 Å². The third-order valence-corrected chi connectivity index (χ3v) is 5.41. The second kappa shape index (κ2) is 6.24. The number of likely N-dealkylation sites (tertiary alicyclic amines) is 1. The maximum Gasteiger partial charge on any atom is 0.259 e. The van der Waals surface area contributed by atoms with E-state index in [-0.39, 0.29) is 5.91 Å². The lowest BCUT2D eigenvalue weighted by Crippen LogP contribution is -2.29. The van der Waals surface area contributed by atoms with E-state index in [0.717, 1.165) is 30.8 Å². The van der Waals surface area contributed by atoms with Gasteiger partial charge in [0.05, 0.1) is 11.9 Å². The summed E-state index contributed by atoms with van der Waals surface area (Å²) in [5, 5.41) is 4.92. The number of hydrogen-bond donors (Lipinski definition) is 0. The van der Waals surface area contributed by atoms with Gasteiger partial charge in [-0.25, -0.2) is 9.50 Å². The van der Waals surface area contributed by atoms with Gasteiger partial charge >= 0.3 is 0 Å². The Kier molecular flexibility index (Phi) is 3.93. The highest BCUT2D eigenvalue weighted by Gasteiger charge is 2.28. The van der Waals surface area contributed by atoms with Crippen molar-refractivity contribution in [2.24, 2.45) is 0 Å². The first-order chi connectivity index (χ1) is 11.8. The second-order valence-corrected chi connectivity index (χ2v) is 6.90. The van der Waals surface area contributed by atoms with Gasteiger partial charge < -0.3 is 4.90 Å². The summed E-state index contributed by atoms with van der Waals surface area (Å²) in [6.45, 7) is 1.59. The predicted molar refractivity (Wildman–Crippen MR) is 94.0 cm³/mol. The number of thioether (sulfide) groups is 1. The van der Waals surface area contributed by atoms with Crippen molar-refractivity contribution in [2.45, 2.75) is 11.7 Å². The number of pyridine rings is 1. The lowest BCUT2D eigenvalue weighted by molar-refractivity contribution is 0.0795. The van der Waals surface area contributed by atoms with Gasteiger partial charge in [-0.2, -0.15) is 16.9 Å². The maximum absolute atomic E-state index is 12.8. The summed E-state index contributed by atoms with van der Waals surface area (Å²) in [4.78, 5) is 23.3. The Hall–Kier alpha value is -2.41. The maximum atomic E-state index is 12.8. The first-order valence-electron chi connectivity index (χ1n) is 7.83. The zero-order valence-electron chi connectivity index (χ0n) is 13.3. The highest BCUT2D eigenvalue weighted by atomic mass is 32.2. The third-order valence-electron chi connectivity index (χ3n) is 4.35. The lowest BCUT2D eigenvalue weighted by Gasteiger charge is -2.15. The molecule has 1 atom stereocenters. The normalized spacial score (nSPS) is 17.5.